The summed E-state index contributed by atoms with van der Waals surface area (Å²) in [6.07, 6.45) is -2.90. The molecule has 3 N–H and O–H groups in total. The number of rotatable bonds is 7. The minimum atomic E-state index is -1.20. The molecule has 0 saturated heterocycles. The average Bonchev–Trinajstić information content (AvgIpc) is 2.44. The Bertz CT molecular complexity index is 517. The summed E-state index contributed by atoms with van der Waals surface area (Å²) >= 11 is 0. The van der Waals surface area contributed by atoms with E-state index in [9.17, 15) is 19.8 Å². The number of carbonyl (C=O) groups excluding carboxylic acids is 1. The van der Waals surface area contributed by atoms with Gasteiger partial charge in [0.25, 0.3) is 0 Å². The zero-order valence-corrected chi connectivity index (χ0v) is 10.7. The molecule has 106 valence electrons. The van der Waals surface area contributed by atoms with Gasteiger partial charge in [0.05, 0.1) is 25.0 Å². The molecule has 0 aliphatic carbocycles. The van der Waals surface area contributed by atoms with E-state index in [1.807, 2.05) is 0 Å². The minimum absolute atomic E-state index is 0.0890. The van der Waals surface area contributed by atoms with E-state index in [0.717, 1.165) is 0 Å². The number of aliphatic carboxylic acids is 1. The van der Waals surface area contributed by atoms with Crippen LogP contribution >= 0.6 is 0 Å². The summed E-state index contributed by atoms with van der Waals surface area (Å²) in [4.78, 5) is 22.0. The van der Waals surface area contributed by atoms with E-state index >= 15 is 0 Å². The van der Waals surface area contributed by atoms with E-state index in [4.69, 9.17) is 10.4 Å². The number of carboxylic acid groups (broad SMARTS) is 1. The number of benzene rings is 1. The molecule has 0 amide bonds. The number of ketones is 1. The second-order valence-electron chi connectivity index (χ2n) is 4.31. The Morgan fingerprint density at radius 1 is 1.15 bits per heavy atom. The highest BCUT2D eigenvalue weighted by atomic mass is 16.4. The SMILES string of the molecule is N#CCC(O)C(O)c1ccc(C(=O)CCC(=O)O)cc1. The summed E-state index contributed by atoms with van der Waals surface area (Å²) in [6.45, 7) is 0. The maximum Gasteiger partial charge on any atom is 0.303 e. The first-order valence-corrected chi connectivity index (χ1v) is 6.03. The molecule has 0 heterocycles. The number of aliphatic hydroxyl groups excluding tert-OH is 2. The van der Waals surface area contributed by atoms with E-state index in [-0.39, 0.29) is 25.0 Å². The summed E-state index contributed by atoms with van der Waals surface area (Å²) in [5.74, 6) is -1.34. The molecule has 0 radical (unpaired) electrons. The van der Waals surface area contributed by atoms with Crippen LogP contribution in [0, 0.1) is 11.3 Å². The molecule has 1 aromatic rings. The normalized spacial score (nSPS) is 13.2. The standard InChI is InChI=1S/C14H15NO5/c15-8-7-12(17)14(20)10-3-1-9(2-4-10)11(16)5-6-13(18)19/h1-4,12,14,17,20H,5-7H2,(H,18,19). The Labute approximate surface area is 115 Å². The van der Waals surface area contributed by atoms with E-state index < -0.39 is 18.2 Å². The molecule has 6 heteroatoms. The highest BCUT2D eigenvalue weighted by molar-refractivity contribution is 5.97. The molecule has 1 aromatic carbocycles. The van der Waals surface area contributed by atoms with Crippen molar-refractivity contribution in [1.82, 2.24) is 0 Å². The fraction of sp³-hybridized carbons (Fsp3) is 0.357. The molecule has 0 aliphatic rings. The zero-order chi connectivity index (χ0) is 15.1. The first-order chi connectivity index (χ1) is 9.45. The van der Waals surface area contributed by atoms with Crippen molar-refractivity contribution < 1.29 is 24.9 Å². The van der Waals surface area contributed by atoms with Crippen molar-refractivity contribution >= 4 is 11.8 Å². The number of hydrogen-bond donors (Lipinski definition) is 3. The molecule has 0 saturated carbocycles. The van der Waals surface area contributed by atoms with Crippen molar-refractivity contribution in [2.24, 2.45) is 0 Å². The highest BCUT2D eigenvalue weighted by Crippen LogP contribution is 2.19. The van der Waals surface area contributed by atoms with Crippen LogP contribution in [0.25, 0.3) is 0 Å². The van der Waals surface area contributed by atoms with Gasteiger partial charge in [0.1, 0.15) is 6.10 Å². The predicted molar refractivity (Wildman–Crippen MR) is 68.8 cm³/mol. The maximum atomic E-state index is 11.6. The fourth-order valence-corrected chi connectivity index (χ4v) is 1.66. The molecule has 2 unspecified atom stereocenters. The summed E-state index contributed by atoms with van der Waals surface area (Å²) in [5.41, 5.74) is 0.736. The van der Waals surface area contributed by atoms with Crippen LogP contribution in [-0.2, 0) is 4.79 Å². The van der Waals surface area contributed by atoms with Gasteiger partial charge in [-0.2, -0.15) is 5.26 Å². The summed E-state index contributed by atoms with van der Waals surface area (Å²) in [6, 6.07) is 7.62. The third kappa shape index (κ3) is 4.46. The van der Waals surface area contributed by atoms with Gasteiger partial charge in [-0.25, -0.2) is 0 Å². The van der Waals surface area contributed by atoms with Crippen LogP contribution in [0.4, 0.5) is 0 Å². The molecule has 0 aliphatic heterocycles. The molecular weight excluding hydrogens is 262 g/mol. The Kier molecular flexibility index (Phi) is 5.84. The first kappa shape index (κ1) is 15.8. The molecule has 1 rings (SSSR count). The zero-order valence-electron chi connectivity index (χ0n) is 10.7. The lowest BCUT2D eigenvalue weighted by Crippen LogP contribution is -2.17. The lowest BCUT2D eigenvalue weighted by atomic mass is 9.99. The number of carboxylic acids is 1. The van der Waals surface area contributed by atoms with Gasteiger partial charge in [-0.05, 0) is 5.56 Å². The van der Waals surface area contributed by atoms with Gasteiger partial charge >= 0.3 is 5.97 Å². The number of nitriles is 1. The summed E-state index contributed by atoms with van der Waals surface area (Å²) < 4.78 is 0. The second-order valence-corrected chi connectivity index (χ2v) is 4.31. The first-order valence-electron chi connectivity index (χ1n) is 6.03. The minimum Gasteiger partial charge on any atom is -0.481 e. The second kappa shape index (κ2) is 7.38. The van der Waals surface area contributed by atoms with Crippen molar-refractivity contribution in [3.63, 3.8) is 0 Å². The van der Waals surface area contributed by atoms with Crippen molar-refractivity contribution in [1.29, 1.82) is 5.26 Å². The van der Waals surface area contributed by atoms with Gasteiger partial charge in [0.2, 0.25) is 0 Å². The van der Waals surface area contributed by atoms with Crippen molar-refractivity contribution in [3.8, 4) is 6.07 Å². The lowest BCUT2D eigenvalue weighted by molar-refractivity contribution is -0.136. The highest BCUT2D eigenvalue weighted by Gasteiger charge is 2.18. The number of hydrogen-bond acceptors (Lipinski definition) is 5. The topological polar surface area (TPSA) is 119 Å². The van der Waals surface area contributed by atoms with Crippen LogP contribution < -0.4 is 0 Å². The Morgan fingerprint density at radius 2 is 1.75 bits per heavy atom. The Morgan fingerprint density at radius 3 is 2.25 bits per heavy atom. The van der Waals surface area contributed by atoms with Crippen LogP contribution in [0.2, 0.25) is 0 Å². The molecule has 6 nitrogen and oxygen atoms in total. The number of aliphatic hydroxyl groups is 2. The molecule has 2 atom stereocenters. The molecule has 20 heavy (non-hydrogen) atoms. The van der Waals surface area contributed by atoms with Crippen LogP contribution in [0.1, 0.15) is 41.3 Å². The van der Waals surface area contributed by atoms with Crippen molar-refractivity contribution in [3.05, 3.63) is 35.4 Å². The Hall–Kier alpha value is -2.23. The molecule has 0 bridgehead atoms. The summed E-state index contributed by atoms with van der Waals surface area (Å²) in [7, 11) is 0. The smallest absolute Gasteiger partial charge is 0.303 e. The third-order valence-corrected chi connectivity index (χ3v) is 2.80. The lowest BCUT2D eigenvalue weighted by Gasteiger charge is -2.15. The number of Topliss-reactive ketones (excluding diaryl/α,β-unsaturated/α-hetero) is 1. The molecule has 0 aromatic heterocycles. The van der Waals surface area contributed by atoms with Crippen LogP contribution in [0.5, 0.6) is 0 Å². The average molecular weight is 277 g/mol. The number of nitrogens with zero attached hydrogens (tertiary/aromatic N) is 1. The van der Waals surface area contributed by atoms with E-state index in [2.05, 4.69) is 0 Å². The largest absolute Gasteiger partial charge is 0.481 e. The summed E-state index contributed by atoms with van der Waals surface area (Å²) in [5, 5.41) is 36.2. The number of carbonyl (C=O) groups is 2. The van der Waals surface area contributed by atoms with Gasteiger partial charge in [-0.15, -0.1) is 0 Å². The van der Waals surface area contributed by atoms with Crippen molar-refractivity contribution in [2.45, 2.75) is 31.5 Å². The maximum absolute atomic E-state index is 11.6. The van der Waals surface area contributed by atoms with Crippen LogP contribution in [-0.4, -0.2) is 33.2 Å². The van der Waals surface area contributed by atoms with Crippen LogP contribution in [0.15, 0.2) is 24.3 Å². The third-order valence-electron chi connectivity index (χ3n) is 2.80. The van der Waals surface area contributed by atoms with Gasteiger partial charge in [0, 0.05) is 12.0 Å². The van der Waals surface area contributed by atoms with E-state index in [1.165, 1.54) is 24.3 Å². The van der Waals surface area contributed by atoms with Crippen LogP contribution in [0.3, 0.4) is 0 Å². The molecule has 0 spiro atoms. The van der Waals surface area contributed by atoms with E-state index in [1.54, 1.807) is 6.07 Å². The van der Waals surface area contributed by atoms with Gasteiger partial charge in [0.15, 0.2) is 5.78 Å². The van der Waals surface area contributed by atoms with Crippen molar-refractivity contribution in [2.75, 3.05) is 0 Å². The Balaban J connectivity index is 2.71. The van der Waals surface area contributed by atoms with Gasteiger partial charge in [-0.3, -0.25) is 9.59 Å². The fourth-order valence-electron chi connectivity index (χ4n) is 1.66. The van der Waals surface area contributed by atoms with Gasteiger partial charge < -0.3 is 15.3 Å². The predicted octanol–water partition coefficient (Wildman–Crippen LogP) is 1.04. The quantitative estimate of drug-likeness (QED) is 0.641. The molecule has 0 fully saturated rings. The van der Waals surface area contributed by atoms with Gasteiger partial charge in [-0.1, -0.05) is 24.3 Å². The monoisotopic (exact) mass is 277 g/mol. The van der Waals surface area contributed by atoms with E-state index in [0.29, 0.717) is 11.1 Å². The molecular formula is C14H15NO5.